The van der Waals surface area contributed by atoms with Crippen LogP contribution < -0.4 is 16.3 Å². The van der Waals surface area contributed by atoms with E-state index in [1.54, 1.807) is 0 Å². The summed E-state index contributed by atoms with van der Waals surface area (Å²) < 4.78 is 1.86. The van der Waals surface area contributed by atoms with E-state index < -0.39 is 23.9 Å². The Kier molecular flexibility index (Phi) is 14.5. The van der Waals surface area contributed by atoms with Gasteiger partial charge in [0.15, 0.2) is 5.82 Å². The maximum absolute atomic E-state index is 9.55. The number of unbranched alkanes of at least 4 members (excludes halogenated alkanes) is 2. The van der Waals surface area contributed by atoms with Crippen molar-refractivity contribution in [3.05, 3.63) is 54.4 Å². The second kappa shape index (κ2) is 17.5. The van der Waals surface area contributed by atoms with Gasteiger partial charge in [0.25, 0.3) is 0 Å². The van der Waals surface area contributed by atoms with Crippen molar-refractivity contribution in [1.29, 1.82) is 0 Å². The molecule has 2 heterocycles. The van der Waals surface area contributed by atoms with Gasteiger partial charge in [-0.3, -0.25) is 0 Å². The van der Waals surface area contributed by atoms with E-state index in [0.717, 1.165) is 59.9 Å². The lowest BCUT2D eigenvalue weighted by Crippen LogP contribution is -2.17. The number of aliphatic carboxylic acids is 4. The highest BCUT2D eigenvalue weighted by Crippen LogP contribution is 2.28. The molecule has 14 nitrogen and oxygen atoms in total. The summed E-state index contributed by atoms with van der Waals surface area (Å²) in [5.41, 5.74) is 14.2. The first kappa shape index (κ1) is 33.0. The van der Waals surface area contributed by atoms with Crippen LogP contribution >= 0.6 is 0 Å². The van der Waals surface area contributed by atoms with Gasteiger partial charge in [0.2, 0.25) is 0 Å². The van der Waals surface area contributed by atoms with E-state index in [1.165, 1.54) is 0 Å². The molecule has 0 fully saturated rings. The van der Waals surface area contributed by atoms with Gasteiger partial charge in [-0.2, -0.15) is 4.73 Å². The molecule has 0 radical (unpaired) electrons. The summed E-state index contributed by atoms with van der Waals surface area (Å²) in [4.78, 5) is 53.5. The van der Waals surface area contributed by atoms with Crippen molar-refractivity contribution in [2.45, 2.75) is 39.0 Å². The Hall–Kier alpha value is -4.98. The molecule has 0 aliphatic rings. The first-order valence-electron chi connectivity index (χ1n) is 12.2. The predicted octanol–water partition coefficient (Wildman–Crippen LogP) is 2.10. The van der Waals surface area contributed by atoms with Crippen molar-refractivity contribution in [3.8, 4) is 0 Å². The second-order valence-corrected chi connectivity index (χ2v) is 7.99. The average Bonchev–Trinajstić information content (AvgIpc) is 3.27. The van der Waals surface area contributed by atoms with Crippen LogP contribution in [0, 0.1) is 0 Å². The zero-order chi connectivity index (χ0) is 30.1. The Morgan fingerprint density at radius 1 is 0.875 bits per heavy atom. The van der Waals surface area contributed by atoms with E-state index in [4.69, 9.17) is 41.7 Å². The lowest BCUT2D eigenvalue weighted by atomic mass is 10.2. The van der Waals surface area contributed by atoms with E-state index in [-0.39, 0.29) is 0 Å². The minimum absolute atomic E-state index is 0.450. The summed E-state index contributed by atoms with van der Waals surface area (Å²) >= 11 is 0. The highest BCUT2D eigenvalue weighted by molar-refractivity contribution is 6.06. The SMILES string of the molecule is CCCCc1nc2c(N)nc3ccccc3c2n1OCCCCN.O=C(O)/C=C\C(=O)O.O=C(O)/C=C\C(=O)O. The van der Waals surface area contributed by atoms with Crippen LogP contribution in [0.5, 0.6) is 0 Å². The van der Waals surface area contributed by atoms with Crippen LogP contribution in [0.25, 0.3) is 21.9 Å². The van der Waals surface area contributed by atoms with Crippen molar-refractivity contribution < 1.29 is 44.4 Å². The van der Waals surface area contributed by atoms with Crippen LogP contribution in [0.2, 0.25) is 0 Å². The van der Waals surface area contributed by atoms with Gasteiger partial charge >= 0.3 is 23.9 Å². The van der Waals surface area contributed by atoms with Crippen LogP contribution in [0.4, 0.5) is 5.82 Å². The number of benzene rings is 1. The number of carbonyl (C=O) groups is 4. The molecule has 40 heavy (non-hydrogen) atoms. The molecule has 3 aromatic rings. The summed E-state index contributed by atoms with van der Waals surface area (Å²) in [7, 11) is 0. The second-order valence-electron chi connectivity index (χ2n) is 7.99. The molecule has 3 rings (SSSR count). The van der Waals surface area contributed by atoms with Gasteiger partial charge in [0.1, 0.15) is 23.5 Å². The molecule has 0 saturated carbocycles. The van der Waals surface area contributed by atoms with Gasteiger partial charge in [0.05, 0.1) is 5.52 Å². The van der Waals surface area contributed by atoms with Crippen LogP contribution in [0.1, 0.15) is 38.4 Å². The fourth-order valence-corrected chi connectivity index (χ4v) is 3.14. The molecule has 8 N–H and O–H groups in total. The molecule has 0 aliphatic heterocycles. The lowest BCUT2D eigenvalue weighted by Gasteiger charge is -2.12. The van der Waals surface area contributed by atoms with Crippen LogP contribution in [-0.4, -0.2) is 72.2 Å². The first-order valence-corrected chi connectivity index (χ1v) is 12.2. The minimum atomic E-state index is -1.26. The fraction of sp³-hybridized carbons (Fsp3) is 0.308. The van der Waals surface area contributed by atoms with Crippen LogP contribution in [-0.2, 0) is 25.6 Å². The van der Waals surface area contributed by atoms with Crippen LogP contribution in [0.3, 0.4) is 0 Å². The predicted molar refractivity (Wildman–Crippen MR) is 147 cm³/mol. The zero-order valence-corrected chi connectivity index (χ0v) is 21.9. The molecule has 14 heteroatoms. The van der Waals surface area contributed by atoms with E-state index in [9.17, 15) is 19.2 Å². The standard InChI is InChI=1S/C18H25N5O.2C4H4O4/c1-2-3-10-15-22-16-17(23(15)24-12-7-6-11-19)13-8-4-5-9-14(13)21-18(16)20;2*5-3(6)1-2-4(7)8/h4-5,8-9H,2-3,6-7,10-12,19H2,1H3,(H2,20,21);2*1-2H,(H,5,6)(H,7,8)/b;2*2-1-. The largest absolute Gasteiger partial charge is 0.478 e. The molecule has 0 unspecified atom stereocenters. The van der Waals surface area contributed by atoms with Gasteiger partial charge in [-0.25, -0.2) is 29.1 Å². The van der Waals surface area contributed by atoms with E-state index in [2.05, 4.69) is 11.9 Å². The smallest absolute Gasteiger partial charge is 0.328 e. The first-order chi connectivity index (χ1) is 19.0. The number of hydrogen-bond acceptors (Lipinski definition) is 9. The number of nitrogens with zero attached hydrogens (tertiary/aromatic N) is 3. The molecule has 216 valence electrons. The Labute approximate surface area is 229 Å². The quantitative estimate of drug-likeness (QED) is 0.138. The molecule has 2 aromatic heterocycles. The third-order valence-electron chi connectivity index (χ3n) is 4.86. The fourth-order valence-electron chi connectivity index (χ4n) is 3.14. The summed E-state index contributed by atoms with van der Waals surface area (Å²) in [6.45, 7) is 3.45. The average molecular weight is 560 g/mol. The maximum atomic E-state index is 9.55. The number of nitrogens with two attached hydrogens (primary N) is 2. The van der Waals surface area contributed by atoms with Gasteiger partial charge in [-0.05, 0) is 31.9 Å². The number of hydrogen-bond donors (Lipinski definition) is 6. The van der Waals surface area contributed by atoms with Crippen molar-refractivity contribution in [3.63, 3.8) is 0 Å². The Morgan fingerprint density at radius 3 is 1.93 bits per heavy atom. The number of nitrogen functional groups attached to an aromatic ring is 1. The molecule has 0 bridgehead atoms. The summed E-state index contributed by atoms with van der Waals surface area (Å²) in [6.07, 6.45) is 7.11. The van der Waals surface area contributed by atoms with Crippen molar-refractivity contribution in [2.24, 2.45) is 5.73 Å². The molecule has 0 amide bonds. The molecule has 0 saturated heterocycles. The van der Waals surface area contributed by atoms with Gasteiger partial charge in [-0.1, -0.05) is 31.5 Å². The van der Waals surface area contributed by atoms with Crippen molar-refractivity contribution in [2.75, 3.05) is 18.9 Å². The van der Waals surface area contributed by atoms with Gasteiger partial charge in [0, 0.05) is 36.1 Å². The molecule has 1 aromatic carbocycles. The number of pyridine rings is 1. The summed E-state index contributed by atoms with van der Waals surface area (Å²) in [5, 5.41) is 32.3. The number of rotatable bonds is 12. The maximum Gasteiger partial charge on any atom is 0.328 e. The van der Waals surface area contributed by atoms with E-state index >= 15 is 0 Å². The third kappa shape index (κ3) is 11.6. The van der Waals surface area contributed by atoms with Crippen LogP contribution in [0.15, 0.2) is 48.6 Å². The number of carboxylic acids is 4. The number of aromatic nitrogens is 3. The van der Waals surface area contributed by atoms with Crippen molar-refractivity contribution in [1.82, 2.24) is 14.7 Å². The summed E-state index contributed by atoms with van der Waals surface area (Å²) in [6, 6.07) is 7.95. The number of fused-ring (bicyclic) bond motifs is 3. The van der Waals surface area contributed by atoms with Crippen molar-refractivity contribution >= 4 is 51.6 Å². The molecular weight excluding hydrogens is 526 g/mol. The molecule has 0 spiro atoms. The number of aryl methyl sites for hydroxylation is 1. The number of imidazole rings is 1. The van der Waals surface area contributed by atoms with Gasteiger partial charge in [-0.15, -0.1) is 0 Å². The zero-order valence-electron chi connectivity index (χ0n) is 21.9. The normalized spacial score (nSPS) is 10.7. The minimum Gasteiger partial charge on any atom is -0.478 e. The lowest BCUT2D eigenvalue weighted by molar-refractivity contribution is -0.134. The highest BCUT2D eigenvalue weighted by atomic mass is 16.7. The van der Waals surface area contributed by atoms with E-state index in [1.807, 2.05) is 29.0 Å². The number of carboxylic acid groups (broad SMARTS) is 4. The Bertz CT molecular complexity index is 1300. The Morgan fingerprint density at radius 2 is 1.43 bits per heavy atom. The van der Waals surface area contributed by atoms with E-state index in [0.29, 0.717) is 43.3 Å². The molecular formula is C26H33N5O9. The third-order valence-corrected chi connectivity index (χ3v) is 4.86. The number of anilines is 1. The highest BCUT2D eigenvalue weighted by Gasteiger charge is 2.18. The number of para-hydroxylation sites is 1. The topological polar surface area (TPSA) is 241 Å². The van der Waals surface area contributed by atoms with Gasteiger partial charge < -0.3 is 36.7 Å². The summed E-state index contributed by atoms with van der Waals surface area (Å²) in [5.74, 6) is -3.67. The molecule has 0 aliphatic carbocycles. The Balaban J connectivity index is 0.000000412. The molecule has 0 atom stereocenters. The monoisotopic (exact) mass is 559 g/mol.